The third-order valence-electron chi connectivity index (χ3n) is 2.56. The largest absolute Gasteiger partial charge is 0.416 e. The molecule has 2 rings (SSSR count). The summed E-state index contributed by atoms with van der Waals surface area (Å²) in [6.45, 7) is 1.89. The molecule has 6 heteroatoms. The van der Waals surface area contributed by atoms with Gasteiger partial charge in [-0.05, 0) is 19.1 Å². The number of hydrogen-bond acceptors (Lipinski definition) is 3. The molecule has 2 nitrogen and oxygen atoms in total. The molecular weight excluding hydrogens is 273 g/mol. The van der Waals surface area contributed by atoms with E-state index in [1.165, 1.54) is 23.5 Å². The summed E-state index contributed by atoms with van der Waals surface area (Å²) in [5.41, 5.74) is 6.40. The fraction of sp³-hybridized carbons (Fsp3) is 0.308. The standard InChI is InChI=1S/C13H13F3N2S/c1-8(17)6-12-18-11(7-19-12)9-2-4-10(5-3-9)13(14,15)16/h2-5,7-8H,6,17H2,1H3. The van der Waals surface area contributed by atoms with Gasteiger partial charge in [-0.2, -0.15) is 13.2 Å². The highest BCUT2D eigenvalue weighted by atomic mass is 32.1. The lowest BCUT2D eigenvalue weighted by Crippen LogP contribution is -2.17. The monoisotopic (exact) mass is 286 g/mol. The first kappa shape index (κ1) is 14.0. The number of benzene rings is 1. The predicted octanol–water partition coefficient (Wildman–Crippen LogP) is 3.72. The summed E-state index contributed by atoms with van der Waals surface area (Å²) >= 11 is 1.47. The molecule has 0 saturated heterocycles. The molecule has 1 atom stereocenters. The summed E-state index contributed by atoms with van der Waals surface area (Å²) in [6.07, 6.45) is -3.63. The molecule has 102 valence electrons. The maximum atomic E-state index is 12.4. The van der Waals surface area contributed by atoms with Crippen LogP contribution in [0, 0.1) is 0 Å². The van der Waals surface area contributed by atoms with Gasteiger partial charge in [-0.15, -0.1) is 11.3 Å². The van der Waals surface area contributed by atoms with E-state index >= 15 is 0 Å². The minimum Gasteiger partial charge on any atom is -0.328 e. The molecule has 0 aliphatic carbocycles. The molecule has 2 aromatic rings. The van der Waals surface area contributed by atoms with Crippen LogP contribution in [0.5, 0.6) is 0 Å². The second-order valence-electron chi connectivity index (χ2n) is 4.38. The Balaban J connectivity index is 2.20. The van der Waals surface area contributed by atoms with Crippen molar-refractivity contribution in [2.24, 2.45) is 5.73 Å². The van der Waals surface area contributed by atoms with Gasteiger partial charge in [-0.3, -0.25) is 0 Å². The van der Waals surface area contributed by atoms with Crippen LogP contribution in [0.1, 0.15) is 17.5 Å². The van der Waals surface area contributed by atoms with E-state index in [9.17, 15) is 13.2 Å². The normalized spacial score (nSPS) is 13.5. The lowest BCUT2D eigenvalue weighted by atomic mass is 10.1. The quantitative estimate of drug-likeness (QED) is 0.934. The summed E-state index contributed by atoms with van der Waals surface area (Å²) in [4.78, 5) is 4.37. The average Bonchev–Trinajstić information content (AvgIpc) is 2.75. The van der Waals surface area contributed by atoms with Gasteiger partial charge in [0.1, 0.15) is 0 Å². The van der Waals surface area contributed by atoms with E-state index < -0.39 is 11.7 Å². The molecule has 1 aromatic carbocycles. The predicted molar refractivity (Wildman–Crippen MR) is 69.9 cm³/mol. The van der Waals surface area contributed by atoms with Crippen molar-refractivity contribution in [1.82, 2.24) is 4.98 Å². The van der Waals surface area contributed by atoms with Crippen molar-refractivity contribution in [1.29, 1.82) is 0 Å². The van der Waals surface area contributed by atoms with Crippen LogP contribution in [0.15, 0.2) is 29.6 Å². The SMILES string of the molecule is CC(N)Cc1nc(-c2ccc(C(F)(F)F)cc2)cs1. The van der Waals surface area contributed by atoms with Crippen LogP contribution in [0.4, 0.5) is 13.2 Å². The molecular formula is C13H13F3N2S. The van der Waals surface area contributed by atoms with E-state index in [-0.39, 0.29) is 6.04 Å². The number of rotatable bonds is 3. The van der Waals surface area contributed by atoms with Crippen LogP contribution in [0.3, 0.4) is 0 Å². The van der Waals surface area contributed by atoms with Crippen LogP contribution >= 0.6 is 11.3 Å². The van der Waals surface area contributed by atoms with E-state index in [1.54, 1.807) is 0 Å². The highest BCUT2D eigenvalue weighted by Gasteiger charge is 2.30. The number of thiazole rings is 1. The molecule has 0 bridgehead atoms. The minimum atomic E-state index is -4.30. The zero-order valence-corrected chi connectivity index (χ0v) is 11.1. The number of hydrogen-bond donors (Lipinski definition) is 1. The maximum Gasteiger partial charge on any atom is 0.416 e. The van der Waals surface area contributed by atoms with Gasteiger partial charge in [0.25, 0.3) is 0 Å². The summed E-state index contributed by atoms with van der Waals surface area (Å²) in [7, 11) is 0. The highest BCUT2D eigenvalue weighted by Crippen LogP contribution is 2.31. The maximum absolute atomic E-state index is 12.4. The Bertz CT molecular complexity index is 544. The smallest absolute Gasteiger partial charge is 0.328 e. The van der Waals surface area contributed by atoms with Crippen molar-refractivity contribution in [3.63, 3.8) is 0 Å². The third kappa shape index (κ3) is 3.54. The van der Waals surface area contributed by atoms with Gasteiger partial charge in [0.2, 0.25) is 0 Å². The van der Waals surface area contributed by atoms with Crippen LogP contribution in [-0.2, 0) is 12.6 Å². The molecule has 2 N–H and O–H groups in total. The lowest BCUT2D eigenvalue weighted by Gasteiger charge is -2.06. The molecule has 0 radical (unpaired) electrons. The Morgan fingerprint density at radius 2 is 1.89 bits per heavy atom. The molecule has 0 spiro atoms. The van der Waals surface area contributed by atoms with Crippen molar-refractivity contribution in [3.05, 3.63) is 40.2 Å². The zero-order chi connectivity index (χ0) is 14.0. The van der Waals surface area contributed by atoms with Gasteiger partial charge in [0, 0.05) is 23.4 Å². The van der Waals surface area contributed by atoms with Crippen molar-refractivity contribution in [3.8, 4) is 11.3 Å². The Kier molecular flexibility index (Phi) is 3.91. The average molecular weight is 286 g/mol. The number of nitrogens with two attached hydrogens (primary N) is 1. The lowest BCUT2D eigenvalue weighted by molar-refractivity contribution is -0.137. The topological polar surface area (TPSA) is 38.9 Å². The number of halogens is 3. The summed E-state index contributed by atoms with van der Waals surface area (Å²) < 4.78 is 37.3. The van der Waals surface area contributed by atoms with Gasteiger partial charge in [-0.25, -0.2) is 4.98 Å². The summed E-state index contributed by atoms with van der Waals surface area (Å²) in [6, 6.07) is 5.03. The second kappa shape index (κ2) is 5.30. The Morgan fingerprint density at radius 1 is 1.26 bits per heavy atom. The van der Waals surface area contributed by atoms with Crippen LogP contribution < -0.4 is 5.73 Å². The van der Waals surface area contributed by atoms with Crippen LogP contribution in [0.25, 0.3) is 11.3 Å². The molecule has 19 heavy (non-hydrogen) atoms. The molecule has 1 heterocycles. The molecule has 0 aliphatic heterocycles. The minimum absolute atomic E-state index is 0.0200. The molecule has 0 amide bonds. The van der Waals surface area contributed by atoms with Crippen molar-refractivity contribution < 1.29 is 13.2 Å². The molecule has 0 fully saturated rings. The summed E-state index contributed by atoms with van der Waals surface area (Å²) in [5, 5.41) is 2.73. The Morgan fingerprint density at radius 3 is 2.42 bits per heavy atom. The van der Waals surface area contributed by atoms with Crippen molar-refractivity contribution in [2.45, 2.75) is 25.6 Å². The second-order valence-corrected chi connectivity index (χ2v) is 5.33. The van der Waals surface area contributed by atoms with E-state index in [4.69, 9.17) is 5.73 Å². The van der Waals surface area contributed by atoms with Crippen LogP contribution in [0.2, 0.25) is 0 Å². The summed E-state index contributed by atoms with van der Waals surface area (Å²) in [5.74, 6) is 0. The first-order valence-electron chi connectivity index (χ1n) is 5.74. The highest BCUT2D eigenvalue weighted by molar-refractivity contribution is 7.09. The fourth-order valence-electron chi connectivity index (χ4n) is 1.64. The Hall–Kier alpha value is -1.40. The first-order valence-corrected chi connectivity index (χ1v) is 6.62. The van der Waals surface area contributed by atoms with E-state index in [1.807, 2.05) is 12.3 Å². The third-order valence-corrected chi connectivity index (χ3v) is 3.43. The molecule has 1 aromatic heterocycles. The van der Waals surface area contributed by atoms with E-state index in [0.29, 0.717) is 17.7 Å². The van der Waals surface area contributed by atoms with Crippen LogP contribution in [-0.4, -0.2) is 11.0 Å². The molecule has 0 aliphatic rings. The zero-order valence-electron chi connectivity index (χ0n) is 10.2. The van der Waals surface area contributed by atoms with Crippen molar-refractivity contribution >= 4 is 11.3 Å². The first-order chi connectivity index (χ1) is 8.86. The number of nitrogens with zero attached hydrogens (tertiary/aromatic N) is 1. The fourth-order valence-corrected chi connectivity index (χ4v) is 2.59. The van der Waals surface area contributed by atoms with Gasteiger partial charge < -0.3 is 5.73 Å². The van der Waals surface area contributed by atoms with E-state index in [0.717, 1.165) is 17.1 Å². The Labute approximate surface area is 113 Å². The van der Waals surface area contributed by atoms with Crippen molar-refractivity contribution in [2.75, 3.05) is 0 Å². The van der Waals surface area contributed by atoms with Gasteiger partial charge in [-0.1, -0.05) is 12.1 Å². The van der Waals surface area contributed by atoms with Gasteiger partial charge in [0.15, 0.2) is 0 Å². The van der Waals surface area contributed by atoms with Gasteiger partial charge in [0.05, 0.1) is 16.3 Å². The number of alkyl halides is 3. The number of aromatic nitrogens is 1. The molecule has 0 saturated carbocycles. The van der Waals surface area contributed by atoms with E-state index in [2.05, 4.69) is 4.98 Å². The van der Waals surface area contributed by atoms with Gasteiger partial charge >= 0.3 is 6.18 Å². The molecule has 1 unspecified atom stereocenters.